The quantitative estimate of drug-likeness (QED) is 0.794. The molecular weight excluding hydrogens is 380 g/mol. The monoisotopic (exact) mass is 392 g/mol. The Morgan fingerprint density at radius 1 is 1.44 bits per heavy atom. The van der Waals surface area contributed by atoms with Gasteiger partial charge in [0.25, 0.3) is 5.91 Å². The van der Waals surface area contributed by atoms with Crippen molar-refractivity contribution in [3.8, 4) is 0 Å². The van der Waals surface area contributed by atoms with Gasteiger partial charge in [0.1, 0.15) is 0 Å². The average molecular weight is 394 g/mol. The number of likely N-dealkylation sites (tertiary alicyclic amines) is 1. The zero-order valence-electron chi connectivity index (χ0n) is 9.79. The smallest absolute Gasteiger partial charge is 0.256 e. The van der Waals surface area contributed by atoms with E-state index in [1.165, 1.54) is 6.42 Å². The minimum absolute atomic E-state index is 0.169. The van der Waals surface area contributed by atoms with Crippen LogP contribution in [0.3, 0.4) is 0 Å². The lowest BCUT2D eigenvalue weighted by atomic mass is 9.91. The van der Waals surface area contributed by atoms with Crippen molar-refractivity contribution in [1.29, 1.82) is 0 Å². The molecule has 1 N–H and O–H groups in total. The topological polar surface area (TPSA) is 32.3 Å². The first-order valence-electron chi connectivity index (χ1n) is 6.13. The summed E-state index contributed by atoms with van der Waals surface area (Å²) in [7, 11) is 0. The molecule has 2 saturated heterocycles. The van der Waals surface area contributed by atoms with Gasteiger partial charge in [0.05, 0.1) is 13.1 Å². The number of nitrogens with zero attached hydrogens (tertiary/aromatic N) is 1. The van der Waals surface area contributed by atoms with Crippen LogP contribution in [0.1, 0.15) is 23.2 Å². The maximum absolute atomic E-state index is 12.6. The third-order valence-corrected chi connectivity index (χ3v) is 6.17. The Bertz CT molecular complexity index is 477. The second kappa shape index (κ2) is 5.23. The van der Waals surface area contributed by atoms with Gasteiger partial charge in [0.15, 0.2) is 0 Å². The van der Waals surface area contributed by atoms with E-state index in [2.05, 4.69) is 42.1 Å². The van der Waals surface area contributed by atoms with E-state index in [1.807, 2.05) is 6.07 Å². The number of rotatable bonds is 1. The number of amides is 1. The first-order valence-corrected chi connectivity index (χ1v) is 8.53. The van der Waals surface area contributed by atoms with E-state index in [1.54, 1.807) is 11.3 Å². The molecule has 3 rings (SSSR count). The van der Waals surface area contributed by atoms with E-state index in [-0.39, 0.29) is 5.91 Å². The Morgan fingerprint density at radius 3 is 3.00 bits per heavy atom. The second-order valence-corrected chi connectivity index (χ2v) is 8.61. The number of fused-ring (bicyclic) bond motifs is 1. The summed E-state index contributed by atoms with van der Waals surface area (Å²) in [4.78, 5) is 14.7. The zero-order valence-corrected chi connectivity index (χ0v) is 13.8. The minimum Gasteiger partial charge on any atom is -0.334 e. The number of thiophene rings is 1. The molecule has 0 saturated carbocycles. The molecule has 0 aliphatic carbocycles. The SMILES string of the molecule is O=C(c1cc(Br)sc1Br)N1CCCC2CNCC21. The Hall–Kier alpha value is 0.0900. The maximum atomic E-state index is 12.6. The van der Waals surface area contributed by atoms with Crippen molar-refractivity contribution in [3.63, 3.8) is 0 Å². The van der Waals surface area contributed by atoms with E-state index < -0.39 is 0 Å². The molecule has 2 aliphatic rings. The van der Waals surface area contributed by atoms with Crippen molar-refractivity contribution < 1.29 is 4.79 Å². The highest BCUT2D eigenvalue weighted by atomic mass is 79.9. The third kappa shape index (κ3) is 2.28. The second-order valence-electron chi connectivity index (χ2n) is 4.86. The highest BCUT2D eigenvalue weighted by Gasteiger charge is 2.38. The van der Waals surface area contributed by atoms with Gasteiger partial charge in [-0.25, -0.2) is 0 Å². The number of piperidine rings is 1. The molecule has 18 heavy (non-hydrogen) atoms. The normalized spacial score (nSPS) is 27.3. The fourth-order valence-electron chi connectivity index (χ4n) is 2.96. The molecule has 2 fully saturated rings. The largest absolute Gasteiger partial charge is 0.334 e. The Morgan fingerprint density at radius 2 is 2.28 bits per heavy atom. The molecule has 98 valence electrons. The number of carbonyl (C=O) groups excluding carboxylic acids is 1. The number of nitrogens with one attached hydrogen (secondary N) is 1. The van der Waals surface area contributed by atoms with E-state index in [0.29, 0.717) is 12.0 Å². The van der Waals surface area contributed by atoms with Crippen molar-refractivity contribution in [3.05, 3.63) is 19.2 Å². The molecule has 2 atom stereocenters. The minimum atomic E-state index is 0.169. The van der Waals surface area contributed by atoms with Crippen LogP contribution in [0, 0.1) is 5.92 Å². The highest BCUT2D eigenvalue weighted by Crippen LogP contribution is 2.35. The summed E-state index contributed by atoms with van der Waals surface area (Å²) in [6.45, 7) is 2.89. The van der Waals surface area contributed by atoms with Crippen LogP contribution in [0.5, 0.6) is 0 Å². The third-order valence-electron chi connectivity index (χ3n) is 3.83. The van der Waals surface area contributed by atoms with Gasteiger partial charge in [0.2, 0.25) is 0 Å². The molecule has 2 aliphatic heterocycles. The van der Waals surface area contributed by atoms with Crippen LogP contribution >= 0.6 is 43.2 Å². The first kappa shape index (κ1) is 13.1. The van der Waals surface area contributed by atoms with Crippen molar-refractivity contribution in [2.75, 3.05) is 19.6 Å². The van der Waals surface area contributed by atoms with E-state index >= 15 is 0 Å². The lowest BCUT2D eigenvalue weighted by molar-refractivity contribution is 0.0574. The lowest BCUT2D eigenvalue weighted by Crippen LogP contribution is -2.48. The lowest BCUT2D eigenvalue weighted by Gasteiger charge is -2.37. The van der Waals surface area contributed by atoms with E-state index in [9.17, 15) is 4.79 Å². The Labute approximate surface area is 127 Å². The van der Waals surface area contributed by atoms with Crippen LogP contribution in [0.4, 0.5) is 0 Å². The van der Waals surface area contributed by atoms with Gasteiger partial charge in [-0.1, -0.05) is 0 Å². The number of halogens is 2. The van der Waals surface area contributed by atoms with Crippen LogP contribution in [0.15, 0.2) is 13.6 Å². The maximum Gasteiger partial charge on any atom is 0.256 e. The number of hydrogen-bond donors (Lipinski definition) is 1. The fraction of sp³-hybridized carbons (Fsp3) is 0.583. The molecule has 1 aromatic rings. The van der Waals surface area contributed by atoms with E-state index in [0.717, 1.165) is 39.2 Å². The predicted octanol–water partition coefficient (Wildman–Crippen LogP) is 3.10. The standard InChI is InChI=1S/C12H14Br2N2OS/c13-10-4-8(11(14)18-10)12(17)16-3-1-2-7-5-15-6-9(7)16/h4,7,9,15H,1-3,5-6H2. The fourth-order valence-corrected chi connectivity index (χ4v) is 5.74. The summed E-state index contributed by atoms with van der Waals surface area (Å²) in [5, 5.41) is 3.41. The zero-order chi connectivity index (χ0) is 12.7. The molecule has 1 amide bonds. The van der Waals surface area contributed by atoms with Crippen molar-refractivity contribution in [2.45, 2.75) is 18.9 Å². The van der Waals surface area contributed by atoms with Gasteiger partial charge >= 0.3 is 0 Å². The van der Waals surface area contributed by atoms with E-state index in [4.69, 9.17) is 0 Å². The molecule has 2 unspecified atom stereocenters. The summed E-state index contributed by atoms with van der Waals surface area (Å²) in [6, 6.07) is 2.31. The van der Waals surface area contributed by atoms with Gasteiger partial charge in [0, 0.05) is 25.7 Å². The van der Waals surface area contributed by atoms with Gasteiger partial charge in [-0.3, -0.25) is 4.79 Å². The molecule has 0 aromatic carbocycles. The van der Waals surface area contributed by atoms with Crippen molar-refractivity contribution >= 4 is 49.1 Å². The number of hydrogen-bond acceptors (Lipinski definition) is 3. The van der Waals surface area contributed by atoms with Crippen LogP contribution in [0.2, 0.25) is 0 Å². The summed E-state index contributed by atoms with van der Waals surface area (Å²) >= 11 is 8.48. The molecule has 3 nitrogen and oxygen atoms in total. The summed E-state index contributed by atoms with van der Waals surface area (Å²) < 4.78 is 1.92. The Balaban J connectivity index is 1.85. The van der Waals surface area contributed by atoms with Crippen LogP contribution < -0.4 is 5.32 Å². The first-order chi connectivity index (χ1) is 8.66. The molecule has 3 heterocycles. The van der Waals surface area contributed by atoms with Crippen LogP contribution in [-0.4, -0.2) is 36.5 Å². The van der Waals surface area contributed by atoms with Gasteiger partial charge in [-0.15, -0.1) is 11.3 Å². The number of carbonyl (C=O) groups is 1. The molecular formula is C12H14Br2N2OS. The molecule has 0 bridgehead atoms. The van der Waals surface area contributed by atoms with Crippen molar-refractivity contribution in [2.24, 2.45) is 5.92 Å². The molecule has 1 aromatic heterocycles. The van der Waals surface area contributed by atoms with Crippen molar-refractivity contribution in [1.82, 2.24) is 10.2 Å². The van der Waals surface area contributed by atoms with Crippen LogP contribution in [-0.2, 0) is 0 Å². The highest BCUT2D eigenvalue weighted by molar-refractivity contribution is 9.12. The van der Waals surface area contributed by atoms with Gasteiger partial charge in [-0.05, 0) is 56.7 Å². The summed E-state index contributed by atoms with van der Waals surface area (Å²) in [5.74, 6) is 0.811. The molecule has 0 radical (unpaired) electrons. The average Bonchev–Trinajstić information content (AvgIpc) is 2.94. The predicted molar refractivity (Wildman–Crippen MR) is 80.1 cm³/mol. The molecule has 0 spiro atoms. The van der Waals surface area contributed by atoms with Gasteiger partial charge in [-0.2, -0.15) is 0 Å². The summed E-state index contributed by atoms with van der Waals surface area (Å²) in [5.41, 5.74) is 0.791. The van der Waals surface area contributed by atoms with Crippen LogP contribution in [0.25, 0.3) is 0 Å². The Kier molecular flexibility index (Phi) is 3.80. The summed E-state index contributed by atoms with van der Waals surface area (Å²) in [6.07, 6.45) is 2.37. The molecule has 6 heteroatoms. The van der Waals surface area contributed by atoms with Gasteiger partial charge < -0.3 is 10.2 Å².